The quantitative estimate of drug-likeness (QED) is 0.941. The van der Waals surface area contributed by atoms with E-state index in [1.807, 2.05) is 19.9 Å². The first-order valence-electron chi connectivity index (χ1n) is 5.54. The van der Waals surface area contributed by atoms with Gasteiger partial charge in [-0.15, -0.1) is 0 Å². The van der Waals surface area contributed by atoms with E-state index in [0.29, 0.717) is 18.1 Å². The van der Waals surface area contributed by atoms with E-state index in [2.05, 4.69) is 31.2 Å². The van der Waals surface area contributed by atoms with Gasteiger partial charge in [0.15, 0.2) is 0 Å². The number of hydrogen-bond donors (Lipinski definition) is 1. The van der Waals surface area contributed by atoms with Crippen LogP contribution >= 0.6 is 15.9 Å². The Labute approximate surface area is 114 Å². The van der Waals surface area contributed by atoms with Crippen LogP contribution in [0.25, 0.3) is 0 Å². The first-order chi connectivity index (χ1) is 8.54. The predicted octanol–water partition coefficient (Wildman–Crippen LogP) is 3.61. The first-order valence-corrected chi connectivity index (χ1v) is 6.34. The van der Waals surface area contributed by atoms with Crippen molar-refractivity contribution < 1.29 is 4.39 Å². The molecule has 0 spiro atoms. The molecule has 0 atom stereocenters. The van der Waals surface area contributed by atoms with Crippen LogP contribution < -0.4 is 5.32 Å². The number of benzene rings is 1. The molecular formula is C13H13BrFN3. The van der Waals surface area contributed by atoms with Crippen LogP contribution in [0.15, 0.2) is 28.7 Å². The number of hydrogen-bond acceptors (Lipinski definition) is 3. The molecule has 0 fully saturated rings. The minimum atomic E-state index is -0.241. The lowest BCUT2D eigenvalue weighted by molar-refractivity contribution is 0.612. The Kier molecular flexibility index (Phi) is 3.91. The summed E-state index contributed by atoms with van der Waals surface area (Å²) < 4.78 is 14.4. The zero-order valence-electron chi connectivity index (χ0n) is 10.2. The number of rotatable bonds is 3. The zero-order valence-corrected chi connectivity index (χ0v) is 11.8. The fourth-order valence-corrected chi connectivity index (χ4v) is 2.07. The summed E-state index contributed by atoms with van der Waals surface area (Å²) in [6.07, 6.45) is 0. The SMILES string of the molecule is Cc1cc(C)nc(NCc2cc(Br)ccc2F)n1. The van der Waals surface area contributed by atoms with Gasteiger partial charge in [-0.2, -0.15) is 0 Å². The lowest BCUT2D eigenvalue weighted by atomic mass is 10.2. The maximum atomic E-state index is 13.5. The second-order valence-corrected chi connectivity index (χ2v) is 4.98. The Balaban J connectivity index is 2.13. The number of anilines is 1. The van der Waals surface area contributed by atoms with Gasteiger partial charge in [-0.25, -0.2) is 14.4 Å². The third-order valence-corrected chi connectivity index (χ3v) is 2.92. The summed E-state index contributed by atoms with van der Waals surface area (Å²) in [4.78, 5) is 8.49. The molecule has 2 aromatic rings. The topological polar surface area (TPSA) is 37.8 Å². The molecule has 0 aliphatic heterocycles. The standard InChI is InChI=1S/C13H13BrFN3/c1-8-5-9(2)18-13(17-8)16-7-10-6-11(14)3-4-12(10)15/h3-6H,7H2,1-2H3,(H,16,17,18). The van der Waals surface area contributed by atoms with Crippen molar-refractivity contribution in [2.75, 3.05) is 5.32 Å². The van der Waals surface area contributed by atoms with Crippen LogP contribution in [0, 0.1) is 19.7 Å². The van der Waals surface area contributed by atoms with Crippen molar-refractivity contribution in [3.63, 3.8) is 0 Å². The highest BCUT2D eigenvalue weighted by atomic mass is 79.9. The normalized spacial score (nSPS) is 10.4. The van der Waals surface area contributed by atoms with Crippen molar-refractivity contribution in [3.8, 4) is 0 Å². The maximum absolute atomic E-state index is 13.5. The predicted molar refractivity (Wildman–Crippen MR) is 72.9 cm³/mol. The molecule has 94 valence electrons. The summed E-state index contributed by atoms with van der Waals surface area (Å²) in [6, 6.07) is 6.74. The van der Waals surface area contributed by atoms with E-state index in [0.717, 1.165) is 15.9 Å². The number of aryl methyl sites for hydroxylation is 2. The van der Waals surface area contributed by atoms with E-state index in [4.69, 9.17) is 0 Å². The molecular weight excluding hydrogens is 297 g/mol. The summed E-state index contributed by atoms with van der Waals surface area (Å²) in [5, 5.41) is 3.03. The van der Waals surface area contributed by atoms with Crippen molar-refractivity contribution in [2.45, 2.75) is 20.4 Å². The van der Waals surface area contributed by atoms with Gasteiger partial charge in [0.25, 0.3) is 0 Å². The first kappa shape index (κ1) is 13.0. The third kappa shape index (κ3) is 3.26. The molecule has 1 N–H and O–H groups in total. The molecule has 3 nitrogen and oxygen atoms in total. The van der Waals surface area contributed by atoms with Crippen molar-refractivity contribution in [1.29, 1.82) is 0 Å². The second kappa shape index (κ2) is 5.44. The van der Waals surface area contributed by atoms with Crippen LogP contribution in [0.2, 0.25) is 0 Å². The summed E-state index contributed by atoms with van der Waals surface area (Å²) in [5.74, 6) is 0.280. The average Bonchev–Trinajstić information content (AvgIpc) is 2.29. The highest BCUT2D eigenvalue weighted by Gasteiger charge is 2.04. The molecule has 0 bridgehead atoms. The number of nitrogens with zero attached hydrogens (tertiary/aromatic N) is 2. The molecule has 0 unspecified atom stereocenters. The number of nitrogens with one attached hydrogen (secondary N) is 1. The average molecular weight is 310 g/mol. The molecule has 0 saturated carbocycles. The summed E-state index contributed by atoms with van der Waals surface area (Å²) in [7, 11) is 0. The van der Waals surface area contributed by atoms with Crippen LogP contribution in [-0.2, 0) is 6.54 Å². The third-order valence-electron chi connectivity index (χ3n) is 2.43. The van der Waals surface area contributed by atoms with E-state index < -0.39 is 0 Å². The number of halogens is 2. The van der Waals surface area contributed by atoms with Crippen molar-refractivity contribution in [2.24, 2.45) is 0 Å². The van der Waals surface area contributed by atoms with Gasteiger partial charge in [0.2, 0.25) is 5.95 Å². The fraction of sp³-hybridized carbons (Fsp3) is 0.231. The van der Waals surface area contributed by atoms with Gasteiger partial charge < -0.3 is 5.32 Å². The van der Waals surface area contributed by atoms with Crippen LogP contribution in [0.5, 0.6) is 0 Å². The van der Waals surface area contributed by atoms with Gasteiger partial charge in [-0.3, -0.25) is 0 Å². The van der Waals surface area contributed by atoms with Crippen molar-refractivity contribution >= 4 is 21.9 Å². The number of aromatic nitrogens is 2. The molecule has 1 aromatic heterocycles. The maximum Gasteiger partial charge on any atom is 0.223 e. The highest BCUT2D eigenvalue weighted by molar-refractivity contribution is 9.10. The smallest absolute Gasteiger partial charge is 0.223 e. The summed E-state index contributed by atoms with van der Waals surface area (Å²) >= 11 is 3.32. The highest BCUT2D eigenvalue weighted by Crippen LogP contribution is 2.16. The van der Waals surface area contributed by atoms with Crippen molar-refractivity contribution in [3.05, 3.63) is 51.5 Å². The van der Waals surface area contributed by atoms with Crippen LogP contribution in [0.3, 0.4) is 0 Å². The summed E-state index contributed by atoms with van der Waals surface area (Å²) in [5.41, 5.74) is 2.35. The van der Waals surface area contributed by atoms with E-state index in [-0.39, 0.29) is 5.82 Å². The minimum absolute atomic E-state index is 0.241. The lowest BCUT2D eigenvalue weighted by Crippen LogP contribution is -2.06. The van der Waals surface area contributed by atoms with E-state index in [1.54, 1.807) is 12.1 Å². The van der Waals surface area contributed by atoms with Gasteiger partial charge in [0.1, 0.15) is 5.82 Å². The largest absolute Gasteiger partial charge is 0.350 e. The fourth-order valence-electron chi connectivity index (χ4n) is 1.66. The van der Waals surface area contributed by atoms with Gasteiger partial charge in [-0.1, -0.05) is 15.9 Å². The van der Waals surface area contributed by atoms with E-state index >= 15 is 0 Å². The monoisotopic (exact) mass is 309 g/mol. The molecule has 1 aromatic carbocycles. The molecule has 1 heterocycles. The van der Waals surface area contributed by atoms with Gasteiger partial charge in [0, 0.05) is 28.0 Å². The van der Waals surface area contributed by atoms with Gasteiger partial charge in [-0.05, 0) is 38.1 Å². The molecule has 0 aliphatic carbocycles. The minimum Gasteiger partial charge on any atom is -0.350 e. The Morgan fingerprint density at radius 3 is 2.50 bits per heavy atom. The van der Waals surface area contributed by atoms with E-state index in [9.17, 15) is 4.39 Å². The Morgan fingerprint density at radius 2 is 1.83 bits per heavy atom. The van der Waals surface area contributed by atoms with E-state index in [1.165, 1.54) is 6.07 Å². The molecule has 5 heteroatoms. The van der Waals surface area contributed by atoms with Gasteiger partial charge in [0.05, 0.1) is 0 Å². The Bertz CT molecular complexity index is 552. The molecule has 0 saturated heterocycles. The molecule has 0 radical (unpaired) electrons. The summed E-state index contributed by atoms with van der Waals surface area (Å²) in [6.45, 7) is 4.16. The molecule has 18 heavy (non-hydrogen) atoms. The zero-order chi connectivity index (χ0) is 13.1. The second-order valence-electron chi connectivity index (χ2n) is 4.06. The van der Waals surface area contributed by atoms with Gasteiger partial charge >= 0.3 is 0 Å². The Hall–Kier alpha value is -1.49. The molecule has 2 rings (SSSR count). The van der Waals surface area contributed by atoms with Crippen LogP contribution in [0.4, 0.5) is 10.3 Å². The molecule has 0 aliphatic rings. The van der Waals surface area contributed by atoms with Crippen LogP contribution in [0.1, 0.15) is 17.0 Å². The van der Waals surface area contributed by atoms with Crippen LogP contribution in [-0.4, -0.2) is 9.97 Å². The van der Waals surface area contributed by atoms with Crippen molar-refractivity contribution in [1.82, 2.24) is 9.97 Å². The lowest BCUT2D eigenvalue weighted by Gasteiger charge is -2.07. The Morgan fingerprint density at radius 1 is 1.17 bits per heavy atom. The molecule has 0 amide bonds.